The van der Waals surface area contributed by atoms with Crippen LogP contribution in [0.2, 0.25) is 0 Å². The summed E-state index contributed by atoms with van der Waals surface area (Å²) in [5, 5.41) is 17.6. The number of carboxylic acid groups (broad SMARTS) is 1. The van der Waals surface area contributed by atoms with E-state index in [1.54, 1.807) is 6.07 Å². The Hall–Kier alpha value is -2.09. The maximum absolute atomic E-state index is 10.9. The number of hydrogen-bond donors (Lipinski definition) is 1. The third-order valence-electron chi connectivity index (χ3n) is 2.68. The first-order valence-corrected chi connectivity index (χ1v) is 6.27. The Bertz CT molecular complexity index is 492. The molecule has 0 bridgehead atoms. The van der Waals surface area contributed by atoms with E-state index in [0.717, 1.165) is 17.9 Å². The lowest BCUT2D eigenvalue weighted by Crippen LogP contribution is -2.30. The summed E-state index contributed by atoms with van der Waals surface area (Å²) in [6.07, 6.45) is 1.79. The molecule has 19 heavy (non-hydrogen) atoms. The molecule has 0 radical (unpaired) electrons. The van der Waals surface area contributed by atoms with Crippen LogP contribution in [0.3, 0.4) is 0 Å². The Morgan fingerprint density at radius 1 is 1.58 bits per heavy atom. The highest BCUT2D eigenvalue weighted by atomic mass is 16.4. The van der Waals surface area contributed by atoms with E-state index in [4.69, 9.17) is 10.4 Å². The highest BCUT2D eigenvalue weighted by molar-refractivity contribution is 5.87. The van der Waals surface area contributed by atoms with E-state index < -0.39 is 5.97 Å². The molecule has 0 spiro atoms. The number of aromatic carboxylic acids is 1. The number of nitrogens with zero attached hydrogens (tertiary/aromatic N) is 3. The second kappa shape index (κ2) is 6.74. The lowest BCUT2D eigenvalue weighted by Gasteiger charge is -2.26. The number of anilines is 1. The summed E-state index contributed by atoms with van der Waals surface area (Å²) in [6, 6.07) is 3.74. The Morgan fingerprint density at radius 3 is 2.74 bits per heavy atom. The van der Waals surface area contributed by atoms with Crippen molar-refractivity contribution < 1.29 is 9.90 Å². The van der Waals surface area contributed by atoms with E-state index in [1.807, 2.05) is 11.8 Å². The van der Waals surface area contributed by atoms with Crippen LogP contribution in [0, 0.1) is 24.2 Å². The molecule has 1 aromatic heterocycles. The van der Waals surface area contributed by atoms with Crippen LogP contribution in [-0.4, -0.2) is 29.1 Å². The third-order valence-corrected chi connectivity index (χ3v) is 2.68. The lowest BCUT2D eigenvalue weighted by molar-refractivity contribution is 0.0696. The van der Waals surface area contributed by atoms with Gasteiger partial charge in [-0.1, -0.05) is 13.8 Å². The minimum absolute atomic E-state index is 0.186. The number of rotatable bonds is 6. The molecule has 5 heteroatoms. The Morgan fingerprint density at radius 2 is 2.26 bits per heavy atom. The van der Waals surface area contributed by atoms with Gasteiger partial charge in [-0.05, 0) is 24.5 Å². The van der Waals surface area contributed by atoms with Crippen molar-refractivity contribution in [2.75, 3.05) is 18.0 Å². The maximum Gasteiger partial charge on any atom is 0.337 e. The smallest absolute Gasteiger partial charge is 0.337 e. The Labute approximate surface area is 113 Å². The van der Waals surface area contributed by atoms with Gasteiger partial charge >= 0.3 is 5.97 Å². The normalized spacial score (nSPS) is 10.3. The van der Waals surface area contributed by atoms with Crippen LogP contribution in [0.15, 0.2) is 12.3 Å². The molecule has 0 atom stereocenters. The summed E-state index contributed by atoms with van der Waals surface area (Å²) in [5.41, 5.74) is 1.00. The molecule has 0 aliphatic rings. The van der Waals surface area contributed by atoms with E-state index in [0.29, 0.717) is 18.9 Å². The molecule has 0 aliphatic carbocycles. The maximum atomic E-state index is 10.9. The molecule has 1 aromatic rings. The molecule has 0 amide bonds. The van der Waals surface area contributed by atoms with E-state index in [1.165, 1.54) is 6.20 Å². The van der Waals surface area contributed by atoms with Gasteiger partial charge in [-0.3, -0.25) is 0 Å². The van der Waals surface area contributed by atoms with Crippen LogP contribution in [-0.2, 0) is 0 Å². The first-order valence-electron chi connectivity index (χ1n) is 6.27. The van der Waals surface area contributed by atoms with Gasteiger partial charge in [-0.25, -0.2) is 9.78 Å². The minimum atomic E-state index is -0.977. The average Bonchev–Trinajstić information content (AvgIpc) is 2.34. The average molecular weight is 261 g/mol. The molecule has 0 unspecified atom stereocenters. The first kappa shape index (κ1) is 15.0. The number of pyridine rings is 1. The quantitative estimate of drug-likeness (QED) is 0.851. The molecular formula is C14H19N3O2. The molecule has 0 aromatic carbocycles. The monoisotopic (exact) mass is 261 g/mol. The van der Waals surface area contributed by atoms with Gasteiger partial charge in [0.1, 0.15) is 5.82 Å². The summed E-state index contributed by atoms with van der Waals surface area (Å²) in [7, 11) is 0. The van der Waals surface area contributed by atoms with Gasteiger partial charge in [0.05, 0.1) is 18.1 Å². The molecule has 1 heterocycles. The zero-order valence-electron chi connectivity index (χ0n) is 11.6. The Kier molecular flexibility index (Phi) is 5.31. The fraction of sp³-hybridized carbons (Fsp3) is 0.500. The fourth-order valence-electron chi connectivity index (χ4n) is 1.92. The SMILES string of the molecule is Cc1cc(C(=O)O)cnc1N(CCC#N)CC(C)C. The van der Waals surface area contributed by atoms with Crippen LogP contribution in [0.25, 0.3) is 0 Å². The van der Waals surface area contributed by atoms with Gasteiger partial charge in [-0.2, -0.15) is 5.26 Å². The number of carbonyl (C=O) groups is 1. The van der Waals surface area contributed by atoms with Gasteiger partial charge in [0.2, 0.25) is 0 Å². The predicted octanol–water partition coefficient (Wildman–Crippen LogP) is 2.46. The standard InChI is InChI=1S/C14H19N3O2/c1-10(2)9-17(6-4-5-15)13-11(3)7-12(8-16-13)14(18)19/h7-8,10H,4,6,9H2,1-3H3,(H,18,19). The van der Waals surface area contributed by atoms with E-state index in [2.05, 4.69) is 24.9 Å². The summed E-state index contributed by atoms with van der Waals surface area (Å²) in [6.45, 7) is 7.44. The summed E-state index contributed by atoms with van der Waals surface area (Å²) in [5.74, 6) is 0.225. The molecule has 0 aliphatic heterocycles. The van der Waals surface area contributed by atoms with Crippen LogP contribution < -0.4 is 4.90 Å². The van der Waals surface area contributed by atoms with Crippen LogP contribution in [0.5, 0.6) is 0 Å². The van der Waals surface area contributed by atoms with Gasteiger partial charge in [0.25, 0.3) is 0 Å². The molecule has 5 nitrogen and oxygen atoms in total. The molecule has 0 fully saturated rings. The van der Waals surface area contributed by atoms with Crippen molar-refractivity contribution in [3.05, 3.63) is 23.4 Å². The zero-order chi connectivity index (χ0) is 14.4. The minimum Gasteiger partial charge on any atom is -0.478 e. The van der Waals surface area contributed by atoms with Gasteiger partial charge in [0.15, 0.2) is 0 Å². The third kappa shape index (κ3) is 4.25. The second-order valence-corrected chi connectivity index (χ2v) is 4.92. The predicted molar refractivity (Wildman–Crippen MR) is 73.2 cm³/mol. The van der Waals surface area contributed by atoms with Gasteiger partial charge in [-0.15, -0.1) is 0 Å². The van der Waals surface area contributed by atoms with Crippen molar-refractivity contribution in [1.82, 2.24) is 4.98 Å². The van der Waals surface area contributed by atoms with Crippen molar-refractivity contribution >= 4 is 11.8 Å². The number of carboxylic acids is 1. The fourth-order valence-corrected chi connectivity index (χ4v) is 1.92. The molecule has 102 valence electrons. The molecule has 0 saturated heterocycles. The summed E-state index contributed by atoms with van der Waals surface area (Å²) < 4.78 is 0. The van der Waals surface area contributed by atoms with Crippen LogP contribution >= 0.6 is 0 Å². The molecular weight excluding hydrogens is 242 g/mol. The zero-order valence-corrected chi connectivity index (χ0v) is 11.6. The van der Waals surface area contributed by atoms with Crippen molar-refractivity contribution in [1.29, 1.82) is 5.26 Å². The number of aryl methyl sites for hydroxylation is 1. The van der Waals surface area contributed by atoms with Crippen molar-refractivity contribution in [3.63, 3.8) is 0 Å². The molecule has 0 saturated carbocycles. The highest BCUT2D eigenvalue weighted by Crippen LogP contribution is 2.19. The number of aromatic nitrogens is 1. The largest absolute Gasteiger partial charge is 0.478 e. The number of nitriles is 1. The van der Waals surface area contributed by atoms with Crippen molar-refractivity contribution in [2.24, 2.45) is 5.92 Å². The first-order chi connectivity index (χ1) is 8.95. The highest BCUT2D eigenvalue weighted by Gasteiger charge is 2.14. The van der Waals surface area contributed by atoms with Crippen LogP contribution in [0.4, 0.5) is 5.82 Å². The molecule has 1 rings (SSSR count). The van der Waals surface area contributed by atoms with Crippen LogP contribution in [0.1, 0.15) is 36.2 Å². The summed E-state index contributed by atoms with van der Waals surface area (Å²) >= 11 is 0. The lowest BCUT2D eigenvalue weighted by atomic mass is 10.1. The summed E-state index contributed by atoms with van der Waals surface area (Å²) in [4.78, 5) is 17.2. The molecule has 1 N–H and O–H groups in total. The van der Waals surface area contributed by atoms with Crippen molar-refractivity contribution in [3.8, 4) is 6.07 Å². The van der Waals surface area contributed by atoms with E-state index in [-0.39, 0.29) is 5.56 Å². The topological polar surface area (TPSA) is 77.2 Å². The van der Waals surface area contributed by atoms with E-state index in [9.17, 15) is 4.79 Å². The van der Waals surface area contributed by atoms with Gasteiger partial charge in [0, 0.05) is 19.3 Å². The Balaban J connectivity index is 3.01. The van der Waals surface area contributed by atoms with Crippen molar-refractivity contribution in [2.45, 2.75) is 27.2 Å². The van der Waals surface area contributed by atoms with Gasteiger partial charge < -0.3 is 10.0 Å². The number of hydrogen-bond acceptors (Lipinski definition) is 4. The van der Waals surface area contributed by atoms with E-state index >= 15 is 0 Å². The second-order valence-electron chi connectivity index (χ2n) is 4.92.